The maximum atomic E-state index is 11.9. The summed E-state index contributed by atoms with van der Waals surface area (Å²) in [6.07, 6.45) is -0.106. The molecule has 0 aliphatic heterocycles. The summed E-state index contributed by atoms with van der Waals surface area (Å²) in [6, 6.07) is 4.55. The van der Waals surface area contributed by atoms with E-state index in [4.69, 9.17) is 5.11 Å². The van der Waals surface area contributed by atoms with E-state index in [9.17, 15) is 9.59 Å². The van der Waals surface area contributed by atoms with E-state index in [0.29, 0.717) is 5.69 Å². The van der Waals surface area contributed by atoms with E-state index in [-0.39, 0.29) is 12.3 Å². The van der Waals surface area contributed by atoms with E-state index < -0.39 is 18.0 Å². The second kappa shape index (κ2) is 7.64. The number of anilines is 1. The van der Waals surface area contributed by atoms with Crippen LogP contribution in [-0.4, -0.2) is 23.1 Å². The molecule has 0 spiro atoms. The summed E-state index contributed by atoms with van der Waals surface area (Å²) in [5.41, 5.74) is 0.606. The summed E-state index contributed by atoms with van der Waals surface area (Å²) >= 11 is 6.66. The van der Waals surface area contributed by atoms with Crippen molar-refractivity contribution in [3.05, 3.63) is 27.1 Å². The van der Waals surface area contributed by atoms with Gasteiger partial charge in [0.1, 0.15) is 0 Å². The lowest BCUT2D eigenvalue weighted by Crippen LogP contribution is -2.42. The first-order valence-corrected chi connectivity index (χ1v) is 7.62. The van der Waals surface area contributed by atoms with Gasteiger partial charge in [-0.15, -0.1) is 0 Å². The van der Waals surface area contributed by atoms with Crippen molar-refractivity contribution in [3.8, 4) is 0 Å². The van der Waals surface area contributed by atoms with Gasteiger partial charge in [-0.05, 0) is 40.0 Å². The molecule has 20 heavy (non-hydrogen) atoms. The number of carbonyl (C=O) groups is 2. The minimum atomic E-state index is -0.937. The predicted octanol–water partition coefficient (Wildman–Crippen LogP) is 3.83. The minimum absolute atomic E-state index is 0.0304. The summed E-state index contributed by atoms with van der Waals surface area (Å²) in [6.45, 7) is 3.73. The normalized spacial score (nSPS) is 12.1. The molecule has 0 radical (unpaired) electrons. The quantitative estimate of drug-likeness (QED) is 0.693. The molecule has 1 rings (SSSR count). The van der Waals surface area contributed by atoms with Gasteiger partial charge in [-0.2, -0.15) is 0 Å². The number of rotatable bonds is 5. The highest BCUT2D eigenvalue weighted by Crippen LogP contribution is 2.26. The van der Waals surface area contributed by atoms with Gasteiger partial charge in [0.2, 0.25) is 0 Å². The van der Waals surface area contributed by atoms with Crippen LogP contribution in [0.1, 0.15) is 20.3 Å². The van der Waals surface area contributed by atoms with Gasteiger partial charge in [-0.3, -0.25) is 4.79 Å². The molecule has 110 valence electrons. The molecule has 2 amide bonds. The number of urea groups is 1. The molecule has 5 nitrogen and oxygen atoms in total. The number of benzene rings is 1. The fourth-order valence-electron chi connectivity index (χ4n) is 1.56. The van der Waals surface area contributed by atoms with Crippen molar-refractivity contribution in [3.63, 3.8) is 0 Å². The van der Waals surface area contributed by atoms with Gasteiger partial charge < -0.3 is 15.7 Å². The SMILES string of the molecule is CC(C)C(CC(=O)O)NC(=O)Nc1cc(Br)ccc1Br. The standard InChI is InChI=1S/C13H16Br2N2O3/c1-7(2)10(6-12(18)19)16-13(20)17-11-5-8(14)3-4-9(11)15/h3-5,7,10H,6H2,1-2H3,(H,18,19)(H2,16,17,20). The Morgan fingerprint density at radius 1 is 1.30 bits per heavy atom. The van der Waals surface area contributed by atoms with Crippen LogP contribution in [0, 0.1) is 5.92 Å². The summed E-state index contributed by atoms with van der Waals surface area (Å²) in [5.74, 6) is -0.907. The van der Waals surface area contributed by atoms with Crippen molar-refractivity contribution in [1.82, 2.24) is 5.32 Å². The van der Waals surface area contributed by atoms with E-state index in [1.165, 1.54) is 0 Å². The van der Waals surface area contributed by atoms with Gasteiger partial charge in [-0.25, -0.2) is 4.79 Å². The highest BCUT2D eigenvalue weighted by atomic mass is 79.9. The summed E-state index contributed by atoms with van der Waals surface area (Å²) in [4.78, 5) is 22.7. The Balaban J connectivity index is 2.70. The molecule has 0 saturated carbocycles. The Morgan fingerprint density at radius 3 is 2.50 bits per heavy atom. The van der Waals surface area contributed by atoms with E-state index >= 15 is 0 Å². The van der Waals surface area contributed by atoms with Crippen LogP contribution in [0.2, 0.25) is 0 Å². The molecule has 1 unspecified atom stereocenters. The molecule has 0 bridgehead atoms. The fraction of sp³-hybridized carbons (Fsp3) is 0.385. The lowest BCUT2D eigenvalue weighted by Gasteiger charge is -2.21. The van der Waals surface area contributed by atoms with Crippen LogP contribution < -0.4 is 10.6 Å². The Morgan fingerprint density at radius 2 is 1.95 bits per heavy atom. The van der Waals surface area contributed by atoms with Crippen molar-refractivity contribution in [1.29, 1.82) is 0 Å². The van der Waals surface area contributed by atoms with Gasteiger partial charge in [0.25, 0.3) is 0 Å². The Labute approximate surface area is 134 Å². The summed E-state index contributed by atoms with van der Waals surface area (Å²) in [7, 11) is 0. The number of halogens is 2. The molecule has 0 aliphatic rings. The second-order valence-corrected chi connectivity index (χ2v) is 6.44. The molecule has 1 atom stereocenters. The molecular formula is C13H16Br2N2O3. The van der Waals surface area contributed by atoms with Crippen molar-refractivity contribution in [2.75, 3.05) is 5.32 Å². The molecule has 1 aromatic rings. The minimum Gasteiger partial charge on any atom is -0.481 e. The monoisotopic (exact) mass is 406 g/mol. The Bertz CT molecular complexity index is 506. The predicted molar refractivity (Wildman–Crippen MR) is 84.9 cm³/mol. The number of hydrogen-bond donors (Lipinski definition) is 3. The smallest absolute Gasteiger partial charge is 0.319 e. The molecule has 0 fully saturated rings. The fourth-order valence-corrected chi connectivity index (χ4v) is 2.27. The Kier molecular flexibility index (Phi) is 6.48. The zero-order valence-corrected chi connectivity index (χ0v) is 14.3. The maximum absolute atomic E-state index is 11.9. The molecule has 0 aromatic heterocycles. The number of carbonyl (C=O) groups excluding carboxylic acids is 1. The third-order valence-electron chi connectivity index (χ3n) is 2.69. The number of nitrogens with one attached hydrogen (secondary N) is 2. The zero-order valence-electron chi connectivity index (χ0n) is 11.1. The molecule has 0 heterocycles. The van der Waals surface area contributed by atoms with Gasteiger partial charge in [0.15, 0.2) is 0 Å². The zero-order chi connectivity index (χ0) is 15.3. The largest absolute Gasteiger partial charge is 0.481 e. The summed E-state index contributed by atoms with van der Waals surface area (Å²) in [5, 5.41) is 14.2. The summed E-state index contributed by atoms with van der Waals surface area (Å²) < 4.78 is 1.58. The lowest BCUT2D eigenvalue weighted by molar-refractivity contribution is -0.137. The van der Waals surface area contributed by atoms with Gasteiger partial charge in [0, 0.05) is 15.0 Å². The molecule has 0 saturated heterocycles. The van der Waals surface area contributed by atoms with E-state index in [2.05, 4.69) is 42.5 Å². The van der Waals surface area contributed by atoms with Crippen LogP contribution in [0.3, 0.4) is 0 Å². The van der Waals surface area contributed by atoms with Crippen LogP contribution in [0.15, 0.2) is 27.1 Å². The van der Waals surface area contributed by atoms with E-state index in [1.54, 1.807) is 12.1 Å². The number of hydrogen-bond acceptors (Lipinski definition) is 2. The molecule has 0 aliphatic carbocycles. The van der Waals surface area contributed by atoms with Crippen LogP contribution in [-0.2, 0) is 4.79 Å². The van der Waals surface area contributed by atoms with E-state index in [1.807, 2.05) is 19.9 Å². The highest BCUT2D eigenvalue weighted by molar-refractivity contribution is 9.11. The topological polar surface area (TPSA) is 78.4 Å². The molecule has 3 N–H and O–H groups in total. The van der Waals surface area contributed by atoms with Crippen LogP contribution in [0.5, 0.6) is 0 Å². The van der Waals surface area contributed by atoms with Gasteiger partial charge in [-0.1, -0.05) is 29.8 Å². The van der Waals surface area contributed by atoms with Crippen LogP contribution in [0.25, 0.3) is 0 Å². The first-order chi connectivity index (χ1) is 9.29. The van der Waals surface area contributed by atoms with Crippen LogP contribution >= 0.6 is 31.9 Å². The average molecular weight is 408 g/mol. The number of aliphatic carboxylic acids is 1. The van der Waals surface area contributed by atoms with Crippen molar-refractivity contribution >= 4 is 49.5 Å². The van der Waals surface area contributed by atoms with Gasteiger partial charge >= 0.3 is 12.0 Å². The number of carboxylic acid groups (broad SMARTS) is 1. The molecular weight excluding hydrogens is 392 g/mol. The highest BCUT2D eigenvalue weighted by Gasteiger charge is 2.19. The third kappa shape index (κ3) is 5.50. The molecule has 7 heteroatoms. The van der Waals surface area contributed by atoms with Crippen LogP contribution in [0.4, 0.5) is 10.5 Å². The third-order valence-corrected chi connectivity index (χ3v) is 3.88. The first kappa shape index (κ1) is 17.0. The Hall–Kier alpha value is -1.08. The second-order valence-electron chi connectivity index (χ2n) is 4.67. The average Bonchev–Trinajstić information content (AvgIpc) is 2.32. The lowest BCUT2D eigenvalue weighted by atomic mass is 10.0. The van der Waals surface area contributed by atoms with Crippen molar-refractivity contribution in [2.24, 2.45) is 5.92 Å². The number of amides is 2. The van der Waals surface area contributed by atoms with Crippen molar-refractivity contribution in [2.45, 2.75) is 26.3 Å². The van der Waals surface area contributed by atoms with Gasteiger partial charge in [0.05, 0.1) is 12.1 Å². The van der Waals surface area contributed by atoms with Crippen molar-refractivity contribution < 1.29 is 14.7 Å². The van der Waals surface area contributed by atoms with E-state index in [0.717, 1.165) is 8.95 Å². The maximum Gasteiger partial charge on any atom is 0.319 e. The first-order valence-electron chi connectivity index (χ1n) is 6.04. The number of carboxylic acids is 1. The molecule has 1 aromatic carbocycles.